The van der Waals surface area contributed by atoms with E-state index < -0.39 is 0 Å². The standard InChI is InChI=1S/C30H42N6O/c1-7-21(2)29(33-5)30(37)36(6)18-8-9-28-34-20-27(35-28)25-16-12-23(13-17-25)22-10-14-24(15-11-22)26(32-4)19-31-3/h10-17,20-21,26,29,32-33H,3,7-9,18-19H2,1-2,4-6H3,(H,34,35)/t21-,26?,29+/m1/s1. The van der Waals surface area contributed by atoms with Crippen LogP contribution in [0.1, 0.15) is 44.1 Å². The molecule has 1 aromatic heterocycles. The van der Waals surface area contributed by atoms with Gasteiger partial charge in [-0.25, -0.2) is 4.98 Å². The van der Waals surface area contributed by atoms with Crippen LogP contribution in [0.25, 0.3) is 22.4 Å². The largest absolute Gasteiger partial charge is 0.344 e. The molecule has 7 nitrogen and oxygen atoms in total. The lowest BCUT2D eigenvalue weighted by Gasteiger charge is -2.27. The van der Waals surface area contributed by atoms with Gasteiger partial charge in [-0.05, 0) is 55.4 Å². The van der Waals surface area contributed by atoms with Crippen LogP contribution in [0.5, 0.6) is 0 Å². The van der Waals surface area contributed by atoms with Crippen LogP contribution in [-0.4, -0.2) is 67.8 Å². The van der Waals surface area contributed by atoms with E-state index in [0.717, 1.165) is 36.3 Å². The number of amides is 1. The third-order valence-electron chi connectivity index (χ3n) is 7.20. The predicted octanol–water partition coefficient (Wildman–Crippen LogP) is 4.73. The van der Waals surface area contributed by atoms with Crippen molar-refractivity contribution < 1.29 is 4.79 Å². The number of hydrogen-bond donors (Lipinski definition) is 3. The minimum absolute atomic E-state index is 0.133. The van der Waals surface area contributed by atoms with Gasteiger partial charge in [-0.2, -0.15) is 0 Å². The first kappa shape index (κ1) is 28.3. The quantitative estimate of drug-likeness (QED) is 0.278. The molecule has 0 fully saturated rings. The van der Waals surface area contributed by atoms with Gasteiger partial charge in [0.25, 0.3) is 0 Å². The van der Waals surface area contributed by atoms with Crippen LogP contribution in [0.4, 0.5) is 0 Å². The maximum absolute atomic E-state index is 12.8. The fourth-order valence-electron chi connectivity index (χ4n) is 4.60. The summed E-state index contributed by atoms with van der Waals surface area (Å²) in [5.74, 6) is 1.40. The van der Waals surface area contributed by atoms with Gasteiger partial charge in [-0.1, -0.05) is 68.8 Å². The maximum Gasteiger partial charge on any atom is 0.239 e. The van der Waals surface area contributed by atoms with Gasteiger partial charge in [0.05, 0.1) is 30.5 Å². The SMILES string of the molecule is C=NCC(NC)c1ccc(-c2ccc(-c3cnc(CCCN(C)C(=O)[C@@H](NC)[C@H](C)CC)[nH]3)cc2)cc1. The van der Waals surface area contributed by atoms with E-state index >= 15 is 0 Å². The van der Waals surface area contributed by atoms with E-state index in [-0.39, 0.29) is 18.0 Å². The van der Waals surface area contributed by atoms with Crippen molar-refractivity contribution in [1.29, 1.82) is 0 Å². The zero-order chi connectivity index (χ0) is 26.8. The smallest absolute Gasteiger partial charge is 0.239 e. The molecule has 3 aromatic rings. The molecule has 0 aliphatic carbocycles. The van der Waals surface area contributed by atoms with Crippen molar-refractivity contribution in [3.8, 4) is 22.4 Å². The Morgan fingerprint density at radius 3 is 2.24 bits per heavy atom. The summed E-state index contributed by atoms with van der Waals surface area (Å²) in [5.41, 5.74) is 5.65. The fourth-order valence-corrected chi connectivity index (χ4v) is 4.60. The van der Waals surface area contributed by atoms with E-state index in [9.17, 15) is 4.79 Å². The topological polar surface area (TPSA) is 85.4 Å². The Bertz CT molecular complexity index is 1120. The predicted molar refractivity (Wildman–Crippen MR) is 154 cm³/mol. The summed E-state index contributed by atoms with van der Waals surface area (Å²) >= 11 is 0. The number of aromatic nitrogens is 2. The number of nitrogens with one attached hydrogen (secondary N) is 3. The maximum atomic E-state index is 12.8. The lowest BCUT2D eigenvalue weighted by molar-refractivity contribution is -0.133. The fraction of sp³-hybridized carbons (Fsp3) is 0.433. The number of rotatable bonds is 14. The molecule has 0 bridgehead atoms. The molecular formula is C30H42N6O. The van der Waals surface area contributed by atoms with Gasteiger partial charge < -0.3 is 20.5 Å². The molecule has 37 heavy (non-hydrogen) atoms. The average Bonchev–Trinajstić information content (AvgIpc) is 3.41. The Morgan fingerprint density at radius 2 is 1.68 bits per heavy atom. The first-order chi connectivity index (χ1) is 17.9. The summed E-state index contributed by atoms with van der Waals surface area (Å²) in [6.45, 7) is 9.19. The summed E-state index contributed by atoms with van der Waals surface area (Å²) in [6.07, 6.45) is 4.51. The number of nitrogens with zero attached hydrogens (tertiary/aromatic N) is 3. The van der Waals surface area contributed by atoms with Gasteiger partial charge in [0, 0.05) is 20.0 Å². The highest BCUT2D eigenvalue weighted by molar-refractivity contribution is 5.82. The average molecular weight is 503 g/mol. The molecule has 0 spiro atoms. The number of imidazole rings is 1. The van der Waals surface area contributed by atoms with Crippen molar-refractivity contribution in [2.45, 2.75) is 45.2 Å². The van der Waals surface area contributed by atoms with Crippen LogP contribution < -0.4 is 10.6 Å². The molecule has 0 aliphatic rings. The number of carbonyl (C=O) groups is 1. The first-order valence-electron chi connectivity index (χ1n) is 13.2. The minimum Gasteiger partial charge on any atom is -0.344 e. The number of aryl methyl sites for hydroxylation is 1. The van der Waals surface area contributed by atoms with E-state index in [2.05, 4.69) is 94.7 Å². The molecule has 3 atom stereocenters. The van der Waals surface area contributed by atoms with Gasteiger partial charge >= 0.3 is 0 Å². The van der Waals surface area contributed by atoms with E-state index in [1.807, 2.05) is 32.2 Å². The zero-order valence-electron chi connectivity index (χ0n) is 22.9. The number of benzene rings is 2. The highest BCUT2D eigenvalue weighted by Gasteiger charge is 2.24. The van der Waals surface area contributed by atoms with E-state index in [1.165, 1.54) is 16.7 Å². The molecule has 1 amide bonds. The van der Waals surface area contributed by atoms with Crippen molar-refractivity contribution in [1.82, 2.24) is 25.5 Å². The van der Waals surface area contributed by atoms with Crippen molar-refractivity contribution >= 4 is 12.6 Å². The summed E-state index contributed by atoms with van der Waals surface area (Å²) in [7, 11) is 5.68. The second kappa shape index (κ2) is 13.9. The summed E-state index contributed by atoms with van der Waals surface area (Å²) in [6, 6.07) is 17.2. The molecular weight excluding hydrogens is 460 g/mol. The van der Waals surface area contributed by atoms with Gasteiger partial charge in [0.2, 0.25) is 5.91 Å². The van der Waals surface area contributed by atoms with Crippen LogP contribution in [0, 0.1) is 5.92 Å². The second-order valence-electron chi connectivity index (χ2n) is 9.71. The van der Waals surface area contributed by atoms with Gasteiger partial charge in [-0.15, -0.1) is 0 Å². The van der Waals surface area contributed by atoms with Gasteiger partial charge in [-0.3, -0.25) is 9.79 Å². The molecule has 0 radical (unpaired) electrons. The highest BCUT2D eigenvalue weighted by atomic mass is 16.2. The Morgan fingerprint density at radius 1 is 1.05 bits per heavy atom. The minimum atomic E-state index is -0.133. The number of likely N-dealkylation sites (N-methyl/N-ethyl adjacent to an activating group) is 3. The van der Waals surface area contributed by atoms with Crippen LogP contribution >= 0.6 is 0 Å². The molecule has 0 saturated carbocycles. The van der Waals surface area contributed by atoms with Crippen molar-refractivity contribution in [3.63, 3.8) is 0 Å². The molecule has 0 aliphatic heterocycles. The molecule has 3 N–H and O–H groups in total. The van der Waals surface area contributed by atoms with Crippen molar-refractivity contribution in [2.24, 2.45) is 10.9 Å². The molecule has 198 valence electrons. The normalized spacial score (nSPS) is 13.6. The van der Waals surface area contributed by atoms with Crippen molar-refractivity contribution in [2.75, 3.05) is 34.2 Å². The van der Waals surface area contributed by atoms with E-state index in [0.29, 0.717) is 19.0 Å². The van der Waals surface area contributed by atoms with Crippen LogP contribution in [0.2, 0.25) is 0 Å². The molecule has 7 heteroatoms. The van der Waals surface area contributed by atoms with Crippen LogP contribution in [-0.2, 0) is 11.2 Å². The molecule has 3 rings (SSSR count). The third kappa shape index (κ3) is 7.37. The monoisotopic (exact) mass is 502 g/mol. The van der Waals surface area contributed by atoms with Crippen molar-refractivity contribution in [3.05, 3.63) is 66.1 Å². The first-order valence-corrected chi connectivity index (χ1v) is 13.2. The van der Waals surface area contributed by atoms with Gasteiger partial charge in [0.1, 0.15) is 5.82 Å². The number of carbonyl (C=O) groups excluding carboxylic acids is 1. The Hall–Kier alpha value is -3.29. The third-order valence-corrected chi connectivity index (χ3v) is 7.20. The van der Waals surface area contributed by atoms with E-state index in [4.69, 9.17) is 0 Å². The Labute approximate surface area is 221 Å². The lowest BCUT2D eigenvalue weighted by Crippen LogP contribution is -2.47. The zero-order valence-corrected chi connectivity index (χ0v) is 22.9. The molecule has 1 unspecified atom stereocenters. The summed E-state index contributed by atoms with van der Waals surface area (Å²) in [5, 5.41) is 6.45. The van der Waals surface area contributed by atoms with Crippen LogP contribution in [0.3, 0.4) is 0 Å². The number of aromatic amines is 1. The summed E-state index contributed by atoms with van der Waals surface area (Å²) < 4.78 is 0. The highest BCUT2D eigenvalue weighted by Crippen LogP contribution is 2.26. The number of hydrogen-bond acceptors (Lipinski definition) is 5. The molecule has 2 aromatic carbocycles. The Balaban J connectivity index is 1.56. The lowest BCUT2D eigenvalue weighted by atomic mass is 9.98. The molecule has 0 saturated heterocycles. The van der Waals surface area contributed by atoms with E-state index in [1.54, 1.807) is 0 Å². The molecule has 1 heterocycles. The summed E-state index contributed by atoms with van der Waals surface area (Å²) in [4.78, 5) is 26.6. The Kier molecular flexibility index (Phi) is 10.6. The van der Waals surface area contributed by atoms with Crippen LogP contribution in [0.15, 0.2) is 59.7 Å². The number of aliphatic imine (C=N–C) groups is 1. The second-order valence-corrected chi connectivity index (χ2v) is 9.71. The number of H-pyrrole nitrogens is 1. The van der Waals surface area contributed by atoms with Gasteiger partial charge in [0.15, 0.2) is 0 Å².